The fourth-order valence-electron chi connectivity index (χ4n) is 4.74. The third-order valence-corrected chi connectivity index (χ3v) is 6.74. The van der Waals surface area contributed by atoms with Crippen LogP contribution >= 0.6 is 0 Å². The number of hydrogen-bond donors (Lipinski definition) is 2. The molecule has 0 spiro atoms. The van der Waals surface area contributed by atoms with Crippen molar-refractivity contribution >= 4 is 11.9 Å². The lowest BCUT2D eigenvalue weighted by atomic mass is 9.88. The maximum atomic E-state index is 14.5. The average molecular weight is 532 g/mol. The highest BCUT2D eigenvalue weighted by Gasteiger charge is 2.31. The van der Waals surface area contributed by atoms with Crippen LogP contribution < -0.4 is 10.1 Å². The molecule has 0 saturated heterocycles. The molecular formula is C30H39F2NO5. The van der Waals surface area contributed by atoms with Crippen molar-refractivity contribution in [2.24, 2.45) is 11.3 Å². The molecule has 1 aliphatic carbocycles. The molecule has 2 aromatic rings. The molecule has 38 heavy (non-hydrogen) atoms. The number of halogens is 2. The predicted molar refractivity (Wildman–Crippen MR) is 141 cm³/mol. The molecule has 1 aliphatic rings. The molecule has 2 N–H and O–H groups in total. The van der Waals surface area contributed by atoms with Gasteiger partial charge in [0.15, 0.2) is 11.6 Å². The van der Waals surface area contributed by atoms with Crippen LogP contribution in [0.1, 0.15) is 64.2 Å². The second-order valence-corrected chi connectivity index (χ2v) is 11.9. The Labute approximate surface area is 223 Å². The first kappa shape index (κ1) is 29.6. The van der Waals surface area contributed by atoms with E-state index in [2.05, 4.69) is 43.4 Å². The number of ether oxygens (including phenoxy) is 2. The number of esters is 1. The van der Waals surface area contributed by atoms with Crippen LogP contribution in [0.5, 0.6) is 5.75 Å². The van der Waals surface area contributed by atoms with Crippen molar-refractivity contribution in [3.63, 3.8) is 0 Å². The number of fused-ring (bicyclic) bond motifs is 1. The normalized spacial score (nSPS) is 14.7. The van der Waals surface area contributed by atoms with E-state index < -0.39 is 35.1 Å². The highest BCUT2D eigenvalue weighted by atomic mass is 19.2. The number of aliphatic carboxylic acids is 1. The van der Waals surface area contributed by atoms with Crippen LogP contribution in [0.25, 0.3) is 0 Å². The van der Waals surface area contributed by atoms with Crippen molar-refractivity contribution in [1.82, 2.24) is 5.32 Å². The Morgan fingerprint density at radius 2 is 1.71 bits per heavy atom. The largest absolute Gasteiger partial charge is 0.486 e. The Morgan fingerprint density at radius 3 is 2.29 bits per heavy atom. The van der Waals surface area contributed by atoms with E-state index in [1.54, 1.807) is 20.8 Å². The quantitative estimate of drug-likeness (QED) is 0.352. The van der Waals surface area contributed by atoms with Crippen LogP contribution in [0, 0.1) is 23.0 Å². The number of hydrogen-bond acceptors (Lipinski definition) is 5. The smallest absolute Gasteiger partial charge is 0.311 e. The lowest BCUT2D eigenvalue weighted by molar-refractivity contribution is -0.160. The van der Waals surface area contributed by atoms with Crippen molar-refractivity contribution in [2.45, 2.75) is 78.4 Å². The van der Waals surface area contributed by atoms with Gasteiger partial charge < -0.3 is 19.9 Å². The van der Waals surface area contributed by atoms with E-state index in [1.165, 1.54) is 17.2 Å². The second-order valence-electron chi connectivity index (χ2n) is 11.9. The molecule has 6 nitrogen and oxygen atoms in total. The third kappa shape index (κ3) is 8.51. The SMILES string of the molecule is CC(C)(CC1Cc2ccccc2C1)NC[C@@H](COc1cc(CCC(=O)O)cc(F)c1F)OC(=O)C(C)(C)C. The Hall–Kier alpha value is -3.00. The summed E-state index contributed by atoms with van der Waals surface area (Å²) < 4.78 is 39.9. The van der Waals surface area contributed by atoms with E-state index in [0.29, 0.717) is 11.5 Å². The van der Waals surface area contributed by atoms with Crippen LogP contribution in [0.15, 0.2) is 36.4 Å². The molecular weight excluding hydrogens is 492 g/mol. The molecule has 0 radical (unpaired) electrons. The minimum Gasteiger partial charge on any atom is -0.486 e. The standard InChI is InChI=1S/C30H39F2NO5/c1-29(2,3)28(36)38-23(18-37-25-15-19(10-11-26(34)35)14-24(31)27(25)32)17-33-30(4,5)16-20-12-21-8-6-7-9-22(21)13-20/h6-9,14-15,20,23,33H,10-13,16-18H2,1-5H3,(H,34,35)/t23-/m0/s1. The van der Waals surface area contributed by atoms with Gasteiger partial charge in [-0.1, -0.05) is 24.3 Å². The summed E-state index contributed by atoms with van der Waals surface area (Å²) in [6, 6.07) is 10.7. The summed E-state index contributed by atoms with van der Waals surface area (Å²) >= 11 is 0. The van der Waals surface area contributed by atoms with Gasteiger partial charge in [-0.2, -0.15) is 4.39 Å². The van der Waals surface area contributed by atoms with Crippen molar-refractivity contribution in [1.29, 1.82) is 0 Å². The van der Waals surface area contributed by atoms with Gasteiger partial charge in [0.05, 0.1) is 5.41 Å². The Kier molecular flexibility index (Phi) is 9.52. The summed E-state index contributed by atoms with van der Waals surface area (Å²) in [6.45, 7) is 9.48. The summed E-state index contributed by atoms with van der Waals surface area (Å²) in [4.78, 5) is 23.5. The fourth-order valence-corrected chi connectivity index (χ4v) is 4.74. The van der Waals surface area contributed by atoms with Gasteiger partial charge in [-0.3, -0.25) is 9.59 Å². The van der Waals surface area contributed by atoms with E-state index in [-0.39, 0.29) is 37.3 Å². The highest BCUT2D eigenvalue weighted by molar-refractivity contribution is 5.75. The Bertz CT molecular complexity index is 1120. The van der Waals surface area contributed by atoms with Gasteiger partial charge in [0.25, 0.3) is 0 Å². The van der Waals surface area contributed by atoms with Crippen LogP contribution in [-0.4, -0.2) is 41.8 Å². The van der Waals surface area contributed by atoms with Gasteiger partial charge in [0.2, 0.25) is 5.82 Å². The number of benzene rings is 2. The molecule has 0 unspecified atom stereocenters. The lowest BCUT2D eigenvalue weighted by Crippen LogP contribution is -2.47. The summed E-state index contributed by atoms with van der Waals surface area (Å²) in [7, 11) is 0. The first-order valence-electron chi connectivity index (χ1n) is 13.1. The topological polar surface area (TPSA) is 84.9 Å². The van der Waals surface area contributed by atoms with Crippen molar-refractivity contribution < 1.29 is 33.0 Å². The van der Waals surface area contributed by atoms with Crippen LogP contribution in [0.2, 0.25) is 0 Å². The van der Waals surface area contributed by atoms with Crippen molar-refractivity contribution in [3.05, 3.63) is 64.7 Å². The second kappa shape index (κ2) is 12.2. The van der Waals surface area contributed by atoms with E-state index in [0.717, 1.165) is 25.3 Å². The van der Waals surface area contributed by atoms with E-state index in [9.17, 15) is 18.4 Å². The zero-order valence-corrected chi connectivity index (χ0v) is 22.9. The molecule has 8 heteroatoms. The maximum Gasteiger partial charge on any atom is 0.311 e. The molecule has 0 heterocycles. The monoisotopic (exact) mass is 531 g/mol. The number of carbonyl (C=O) groups excluding carboxylic acids is 1. The van der Waals surface area contributed by atoms with E-state index in [4.69, 9.17) is 14.6 Å². The number of rotatable bonds is 12. The zero-order chi connectivity index (χ0) is 28.1. The molecule has 0 saturated carbocycles. The maximum absolute atomic E-state index is 14.5. The van der Waals surface area contributed by atoms with Crippen LogP contribution in [0.4, 0.5) is 8.78 Å². The van der Waals surface area contributed by atoms with Gasteiger partial charge in [-0.25, -0.2) is 4.39 Å². The molecule has 0 bridgehead atoms. The van der Waals surface area contributed by atoms with Gasteiger partial charge in [0, 0.05) is 18.5 Å². The minimum atomic E-state index is -1.17. The Balaban J connectivity index is 1.66. The number of carboxylic acid groups (broad SMARTS) is 1. The first-order valence-corrected chi connectivity index (χ1v) is 13.1. The molecule has 0 aliphatic heterocycles. The van der Waals surface area contributed by atoms with Crippen molar-refractivity contribution in [3.8, 4) is 5.75 Å². The fraction of sp³-hybridized carbons (Fsp3) is 0.533. The number of carbonyl (C=O) groups is 2. The highest BCUT2D eigenvalue weighted by Crippen LogP contribution is 2.32. The van der Waals surface area contributed by atoms with Gasteiger partial charge >= 0.3 is 11.9 Å². The summed E-state index contributed by atoms with van der Waals surface area (Å²) in [5.74, 6) is -3.61. The molecule has 2 aromatic carbocycles. The van der Waals surface area contributed by atoms with Crippen molar-refractivity contribution in [2.75, 3.05) is 13.2 Å². The molecule has 1 atom stereocenters. The van der Waals surface area contributed by atoms with Crippen LogP contribution in [0.3, 0.4) is 0 Å². The third-order valence-electron chi connectivity index (χ3n) is 6.74. The van der Waals surface area contributed by atoms with Crippen LogP contribution in [-0.2, 0) is 33.6 Å². The zero-order valence-electron chi connectivity index (χ0n) is 22.9. The van der Waals surface area contributed by atoms with Gasteiger partial charge in [0.1, 0.15) is 12.7 Å². The average Bonchev–Trinajstić information content (AvgIpc) is 3.22. The summed E-state index contributed by atoms with van der Waals surface area (Å²) in [5, 5.41) is 12.4. The van der Waals surface area contributed by atoms with E-state index in [1.807, 2.05) is 0 Å². The molecule has 0 amide bonds. The number of nitrogens with one attached hydrogen (secondary N) is 1. The van der Waals surface area contributed by atoms with E-state index >= 15 is 0 Å². The number of aryl methyl sites for hydroxylation is 1. The lowest BCUT2D eigenvalue weighted by Gasteiger charge is -2.32. The predicted octanol–water partition coefficient (Wildman–Crippen LogP) is 5.49. The summed E-state index contributed by atoms with van der Waals surface area (Å²) in [5.41, 5.74) is 2.06. The summed E-state index contributed by atoms with van der Waals surface area (Å²) in [6.07, 6.45) is 2.01. The van der Waals surface area contributed by atoms with Gasteiger partial charge in [-0.15, -0.1) is 0 Å². The molecule has 0 aromatic heterocycles. The van der Waals surface area contributed by atoms with Gasteiger partial charge in [-0.05, 0) is 95.0 Å². The molecule has 0 fully saturated rings. The Morgan fingerprint density at radius 1 is 1.08 bits per heavy atom. The minimum absolute atomic E-state index is 0.0338. The molecule has 3 rings (SSSR count). The first-order chi connectivity index (χ1) is 17.7. The number of carboxylic acids is 1. The molecule has 208 valence electrons.